The van der Waals surface area contributed by atoms with Crippen LogP contribution in [0.1, 0.15) is 41.5 Å². The Kier molecular flexibility index (Phi) is 11.5. The molecule has 7 aromatic rings. The van der Waals surface area contributed by atoms with E-state index in [2.05, 4.69) is 245 Å². The summed E-state index contributed by atoms with van der Waals surface area (Å²) in [4.78, 5) is 0. The van der Waals surface area contributed by atoms with Crippen molar-refractivity contribution in [2.45, 2.75) is 57.8 Å². The fourth-order valence-corrected chi connectivity index (χ4v) is 27.6. The summed E-state index contributed by atoms with van der Waals surface area (Å²) in [6, 6.07) is 67.4. The molecule has 0 aliphatic rings. The highest BCUT2D eigenvalue weighted by atomic mass is 35.7. The van der Waals surface area contributed by atoms with E-state index in [0.717, 1.165) is 5.62 Å². The topological polar surface area (TPSA) is 22.2 Å². The van der Waals surface area contributed by atoms with Gasteiger partial charge in [0.1, 0.15) is 31.8 Å². The van der Waals surface area contributed by atoms with E-state index in [9.17, 15) is 0 Å². The van der Waals surface area contributed by atoms with Gasteiger partial charge in [0.2, 0.25) is 10.8 Å². The molecule has 0 amide bonds. The van der Waals surface area contributed by atoms with Gasteiger partial charge in [0.05, 0.1) is 0 Å². The minimum Gasteiger partial charge on any atom is -0.312 e. The van der Waals surface area contributed by atoms with Crippen molar-refractivity contribution >= 4 is 65.0 Å². The molecule has 0 N–H and O–H groups in total. The Bertz CT molecular complexity index is 2000. The smallest absolute Gasteiger partial charge is 0.247 e. The average Bonchev–Trinajstić information content (AvgIpc) is 3.66. The van der Waals surface area contributed by atoms with Crippen molar-refractivity contribution in [1.82, 2.24) is 9.13 Å². The highest BCUT2D eigenvalue weighted by Crippen LogP contribution is 2.86. The predicted octanol–water partition coefficient (Wildman–Crippen LogP) is 10.5. The van der Waals surface area contributed by atoms with Gasteiger partial charge in [-0.2, -0.15) is 0 Å². The molecule has 278 valence electrons. The molecule has 1 atom stereocenters. The second kappa shape index (κ2) is 16.2. The number of aromatic nitrogens is 2. The highest BCUT2D eigenvalue weighted by molar-refractivity contribution is 8.20. The molecule has 7 heteroatoms. The summed E-state index contributed by atoms with van der Waals surface area (Å²) < 4.78 is 10.6. The quantitative estimate of drug-likeness (QED) is 0.123. The van der Waals surface area contributed by atoms with Gasteiger partial charge in [0.25, 0.3) is 0 Å². The molecule has 0 bridgehead atoms. The second-order valence-corrected chi connectivity index (χ2v) is 26.5. The van der Waals surface area contributed by atoms with Crippen LogP contribution in [-0.4, -0.2) is 14.3 Å². The summed E-state index contributed by atoms with van der Waals surface area (Å²) in [6.07, 6.45) is 4.36. The van der Waals surface area contributed by atoms with E-state index in [4.69, 9.17) is 16.0 Å². The number of nitrogens with zero attached hydrogens (tertiary/aromatic N) is 3. The van der Waals surface area contributed by atoms with E-state index in [0.29, 0.717) is 0 Å². The Morgan fingerprint density at radius 2 is 0.636 bits per heavy atom. The first-order valence-electron chi connectivity index (χ1n) is 18.9. The van der Waals surface area contributed by atoms with Crippen molar-refractivity contribution in [3.63, 3.8) is 0 Å². The molecule has 0 radical (unpaired) electrons. The van der Waals surface area contributed by atoms with Crippen molar-refractivity contribution in [2.24, 2.45) is 4.76 Å². The van der Waals surface area contributed by atoms with Gasteiger partial charge < -0.3 is 9.13 Å². The summed E-state index contributed by atoms with van der Waals surface area (Å²) >= 11 is 8.58. The van der Waals surface area contributed by atoms with E-state index in [-0.39, 0.29) is 16.2 Å². The van der Waals surface area contributed by atoms with Gasteiger partial charge in [-0.3, -0.25) is 0 Å². The minimum atomic E-state index is -2.73. The summed E-state index contributed by atoms with van der Waals surface area (Å²) in [7, 11) is -7.15. The largest absolute Gasteiger partial charge is 0.312 e. The molecule has 7 rings (SSSR count). The van der Waals surface area contributed by atoms with Gasteiger partial charge in [-0.1, -0.05) is 120 Å². The Hall–Kier alpha value is -4.09. The molecule has 1 aromatic heterocycles. The molecule has 6 aromatic carbocycles. The Morgan fingerprint density at radius 3 is 0.836 bits per heavy atom. The van der Waals surface area contributed by atoms with Gasteiger partial charge >= 0.3 is 0 Å². The molecule has 55 heavy (non-hydrogen) atoms. The minimum absolute atomic E-state index is 0.173. The second-order valence-electron chi connectivity index (χ2n) is 15.9. The van der Waals surface area contributed by atoms with E-state index < -0.39 is 21.9 Å². The van der Waals surface area contributed by atoms with Crippen LogP contribution in [-0.2, 0) is 11.1 Å². The molecule has 3 nitrogen and oxygen atoms in total. The summed E-state index contributed by atoms with van der Waals surface area (Å²) in [5.41, 5.74) is 0.436. The summed E-state index contributed by atoms with van der Waals surface area (Å²) in [6.45, 7) is 13.5. The Morgan fingerprint density at radius 1 is 0.418 bits per heavy atom. The molecule has 1 heterocycles. The molecule has 0 aliphatic heterocycles. The van der Waals surface area contributed by atoms with Gasteiger partial charge in [-0.15, -0.1) is 0 Å². The van der Waals surface area contributed by atoms with Crippen molar-refractivity contribution in [1.29, 1.82) is 0 Å². The van der Waals surface area contributed by atoms with Gasteiger partial charge in [-0.05, 0) is 114 Å². The van der Waals surface area contributed by atoms with Crippen LogP contribution >= 0.6 is 33.2 Å². The molecule has 0 aliphatic carbocycles. The van der Waals surface area contributed by atoms with Crippen LogP contribution in [0, 0.1) is 0 Å². The number of halogens is 1. The number of imidazole rings is 1. The summed E-state index contributed by atoms with van der Waals surface area (Å²) in [5.74, 6) is 0. The fourth-order valence-electron chi connectivity index (χ4n) is 7.88. The van der Waals surface area contributed by atoms with Crippen LogP contribution in [0.2, 0.25) is 0 Å². The lowest BCUT2D eigenvalue weighted by Gasteiger charge is -2.42. The average molecular weight is 798 g/mol. The number of benzene rings is 6. The molecule has 1 unspecified atom stereocenters. The molecule has 0 saturated heterocycles. The first kappa shape index (κ1) is 39.2. The van der Waals surface area contributed by atoms with Crippen LogP contribution < -0.4 is 37.4 Å². The monoisotopic (exact) mass is 797 g/mol. The Labute approximate surface area is 335 Å². The lowest BCUT2D eigenvalue weighted by atomic mass is 10.1. The molecular formula is C48H51ClN3P3+2. The van der Waals surface area contributed by atoms with Crippen LogP contribution in [0.5, 0.6) is 0 Å². The van der Waals surface area contributed by atoms with Gasteiger partial charge in [0.15, 0.2) is 21.9 Å². The molecule has 0 spiro atoms. The van der Waals surface area contributed by atoms with Crippen molar-refractivity contribution in [3.8, 4) is 0 Å². The van der Waals surface area contributed by atoms with Crippen LogP contribution in [0.25, 0.3) is 0 Å². The molecule has 0 fully saturated rings. The maximum Gasteiger partial charge on any atom is 0.247 e. The van der Waals surface area contributed by atoms with E-state index >= 15 is 0 Å². The SMILES string of the molecule is CC(C)(C)n1ccn(C(C)(C)C)c1=NP(Cl)C([P+](c1ccccc1)(c1ccccc1)c1ccccc1)[P+](c1ccccc1)(c1ccccc1)c1ccccc1. The van der Waals surface area contributed by atoms with Crippen LogP contribution in [0.15, 0.2) is 199 Å². The fraction of sp³-hybridized carbons (Fsp3) is 0.188. The van der Waals surface area contributed by atoms with Crippen LogP contribution in [0.4, 0.5) is 0 Å². The normalized spacial score (nSPS) is 13.1. The van der Waals surface area contributed by atoms with Crippen LogP contribution in [0.3, 0.4) is 0 Å². The Balaban J connectivity index is 1.78. The number of hydrogen-bond donors (Lipinski definition) is 0. The third-order valence-corrected chi connectivity index (χ3v) is 26.2. The lowest BCUT2D eigenvalue weighted by Crippen LogP contribution is -2.46. The zero-order chi connectivity index (χ0) is 38.7. The van der Waals surface area contributed by atoms with Gasteiger partial charge in [0, 0.05) is 23.5 Å². The molecular weight excluding hydrogens is 747 g/mol. The van der Waals surface area contributed by atoms with E-state index in [1.807, 2.05) is 0 Å². The van der Waals surface area contributed by atoms with Crippen molar-refractivity contribution in [2.75, 3.05) is 0 Å². The maximum atomic E-state index is 8.58. The van der Waals surface area contributed by atoms with Crippen molar-refractivity contribution < 1.29 is 0 Å². The van der Waals surface area contributed by atoms with Gasteiger partial charge in [-0.25, -0.2) is 4.76 Å². The van der Waals surface area contributed by atoms with E-state index in [1.54, 1.807) is 0 Å². The number of hydrogen-bond acceptors (Lipinski definition) is 1. The molecule has 0 saturated carbocycles. The lowest BCUT2D eigenvalue weighted by molar-refractivity contribution is 0.337. The zero-order valence-corrected chi connectivity index (χ0v) is 36.1. The maximum absolute atomic E-state index is 8.58. The number of rotatable bonds is 10. The first-order valence-corrected chi connectivity index (χ1v) is 24.9. The summed E-state index contributed by atoms with van der Waals surface area (Å²) in [5, 5.41) is 7.59. The van der Waals surface area contributed by atoms with Crippen molar-refractivity contribution in [3.05, 3.63) is 200 Å². The third-order valence-electron chi connectivity index (χ3n) is 10.3. The standard InChI is InChI=1S/C48H51ClN3P3/c1-47(2,3)51-37-38-52(48(4,5)6)45(51)50-53(49)46(54(39-25-13-7-14-26-39,40-27-15-8-16-28-40)41-29-17-9-18-30-41)55(42-31-19-10-20-32-42,43-33-21-11-22-34-43)44-35-23-12-24-36-44/h7-38,46H,1-6H3/q+2. The first-order chi connectivity index (χ1) is 26.5. The predicted molar refractivity (Wildman–Crippen MR) is 245 cm³/mol. The zero-order valence-electron chi connectivity index (χ0n) is 32.6. The van der Waals surface area contributed by atoms with E-state index in [1.165, 1.54) is 31.8 Å². The highest BCUT2D eigenvalue weighted by Gasteiger charge is 2.71. The third kappa shape index (κ3) is 7.34.